The van der Waals surface area contributed by atoms with Gasteiger partial charge in [-0.1, -0.05) is 0 Å². The van der Waals surface area contributed by atoms with Crippen molar-refractivity contribution in [2.45, 2.75) is 59.2 Å². The predicted octanol–water partition coefficient (Wildman–Crippen LogP) is 3.31. The van der Waals surface area contributed by atoms with Crippen molar-refractivity contribution in [1.29, 1.82) is 0 Å². The van der Waals surface area contributed by atoms with E-state index in [1.165, 1.54) is 0 Å². The molecule has 1 atom stereocenters. The van der Waals surface area contributed by atoms with Crippen LogP contribution in [0.1, 0.15) is 54.5 Å². The van der Waals surface area contributed by atoms with Crippen molar-refractivity contribution in [3.05, 3.63) is 35.4 Å². The second kappa shape index (κ2) is 6.81. The van der Waals surface area contributed by atoms with Gasteiger partial charge in [0.05, 0.1) is 30.1 Å². The molecule has 1 unspecified atom stereocenters. The first-order valence-corrected chi connectivity index (χ1v) is 8.59. The molecule has 24 heavy (non-hydrogen) atoms. The minimum absolute atomic E-state index is 0.0910. The SMILES string of the molecule is Cc1cc(C(=O)Nc2cnn(CC3CCCO3)c2)c(C)n1C(C)C. The van der Waals surface area contributed by atoms with E-state index >= 15 is 0 Å². The maximum Gasteiger partial charge on any atom is 0.257 e. The lowest BCUT2D eigenvalue weighted by Gasteiger charge is -2.13. The van der Waals surface area contributed by atoms with Crippen LogP contribution in [0.3, 0.4) is 0 Å². The molecular weight excluding hydrogens is 304 g/mol. The largest absolute Gasteiger partial charge is 0.376 e. The second-order valence-corrected chi connectivity index (χ2v) is 6.79. The van der Waals surface area contributed by atoms with Gasteiger partial charge in [-0.2, -0.15) is 5.10 Å². The lowest BCUT2D eigenvalue weighted by atomic mass is 10.2. The predicted molar refractivity (Wildman–Crippen MR) is 93.4 cm³/mol. The van der Waals surface area contributed by atoms with E-state index in [9.17, 15) is 4.79 Å². The Bertz CT molecular complexity index is 723. The van der Waals surface area contributed by atoms with Gasteiger partial charge in [-0.05, 0) is 46.6 Å². The first-order chi connectivity index (χ1) is 11.5. The van der Waals surface area contributed by atoms with E-state index < -0.39 is 0 Å². The van der Waals surface area contributed by atoms with E-state index in [0.29, 0.717) is 17.3 Å². The summed E-state index contributed by atoms with van der Waals surface area (Å²) in [4.78, 5) is 12.6. The molecule has 1 N–H and O–H groups in total. The number of aryl methyl sites for hydroxylation is 1. The van der Waals surface area contributed by atoms with Gasteiger partial charge in [-0.15, -0.1) is 0 Å². The van der Waals surface area contributed by atoms with E-state index in [1.807, 2.05) is 30.8 Å². The Morgan fingerprint density at radius 2 is 2.25 bits per heavy atom. The van der Waals surface area contributed by atoms with E-state index in [0.717, 1.165) is 37.4 Å². The van der Waals surface area contributed by atoms with E-state index in [2.05, 4.69) is 28.8 Å². The third-order valence-corrected chi connectivity index (χ3v) is 4.55. The Labute approximate surface area is 142 Å². The summed E-state index contributed by atoms with van der Waals surface area (Å²) >= 11 is 0. The molecule has 130 valence electrons. The lowest BCUT2D eigenvalue weighted by Crippen LogP contribution is -2.15. The van der Waals surface area contributed by atoms with Gasteiger partial charge in [-0.3, -0.25) is 9.48 Å². The van der Waals surface area contributed by atoms with Gasteiger partial charge < -0.3 is 14.6 Å². The minimum Gasteiger partial charge on any atom is -0.376 e. The van der Waals surface area contributed by atoms with Crippen LogP contribution in [0.5, 0.6) is 0 Å². The monoisotopic (exact) mass is 330 g/mol. The molecule has 0 saturated carbocycles. The summed E-state index contributed by atoms with van der Waals surface area (Å²) in [5.74, 6) is -0.0910. The molecule has 0 spiro atoms. The molecule has 1 aliphatic heterocycles. The maximum atomic E-state index is 12.6. The summed E-state index contributed by atoms with van der Waals surface area (Å²) in [6, 6.07) is 2.28. The third kappa shape index (κ3) is 3.38. The number of nitrogens with zero attached hydrogens (tertiary/aromatic N) is 3. The Morgan fingerprint density at radius 1 is 1.46 bits per heavy atom. The molecule has 2 aromatic heterocycles. The molecule has 1 saturated heterocycles. The number of nitrogens with one attached hydrogen (secondary N) is 1. The van der Waals surface area contributed by atoms with Crippen molar-refractivity contribution in [2.75, 3.05) is 11.9 Å². The van der Waals surface area contributed by atoms with Gasteiger partial charge in [-0.25, -0.2) is 0 Å². The van der Waals surface area contributed by atoms with Crippen molar-refractivity contribution < 1.29 is 9.53 Å². The fraction of sp³-hybridized carbons (Fsp3) is 0.556. The average molecular weight is 330 g/mol. The van der Waals surface area contributed by atoms with Crippen molar-refractivity contribution in [3.8, 4) is 0 Å². The third-order valence-electron chi connectivity index (χ3n) is 4.55. The number of hydrogen-bond donors (Lipinski definition) is 1. The molecule has 1 amide bonds. The molecule has 6 heteroatoms. The standard InChI is InChI=1S/C18H26N4O2/c1-12(2)22-13(3)8-17(14(22)4)18(23)20-15-9-19-21(10-15)11-16-6-5-7-24-16/h8-10,12,16H,5-7,11H2,1-4H3,(H,20,23). The quantitative estimate of drug-likeness (QED) is 0.915. The van der Waals surface area contributed by atoms with Gasteiger partial charge in [0.25, 0.3) is 5.91 Å². The number of carbonyl (C=O) groups excluding carboxylic acids is 1. The van der Waals surface area contributed by atoms with Gasteiger partial charge in [0.2, 0.25) is 0 Å². The van der Waals surface area contributed by atoms with Gasteiger partial charge >= 0.3 is 0 Å². The summed E-state index contributed by atoms with van der Waals surface area (Å²) in [5, 5.41) is 7.26. The summed E-state index contributed by atoms with van der Waals surface area (Å²) in [6.07, 6.45) is 5.97. The molecule has 1 fully saturated rings. The molecule has 1 aliphatic rings. The van der Waals surface area contributed by atoms with E-state index in [1.54, 1.807) is 6.20 Å². The molecule has 0 aromatic carbocycles. The second-order valence-electron chi connectivity index (χ2n) is 6.79. The number of amides is 1. The lowest BCUT2D eigenvalue weighted by molar-refractivity contribution is 0.0940. The van der Waals surface area contributed by atoms with Crippen LogP contribution in [0, 0.1) is 13.8 Å². The number of anilines is 1. The Morgan fingerprint density at radius 3 is 2.88 bits per heavy atom. The summed E-state index contributed by atoms with van der Waals surface area (Å²) in [5.41, 5.74) is 3.52. The molecule has 0 aliphatic carbocycles. The smallest absolute Gasteiger partial charge is 0.257 e. The Balaban J connectivity index is 1.69. The van der Waals surface area contributed by atoms with Crippen molar-refractivity contribution in [3.63, 3.8) is 0 Å². The van der Waals surface area contributed by atoms with Crippen LogP contribution < -0.4 is 5.32 Å². The highest BCUT2D eigenvalue weighted by atomic mass is 16.5. The van der Waals surface area contributed by atoms with Gasteiger partial charge in [0.1, 0.15) is 0 Å². The molecule has 0 bridgehead atoms. The number of hydrogen-bond acceptors (Lipinski definition) is 3. The normalized spacial score (nSPS) is 17.6. The number of carbonyl (C=O) groups is 1. The topological polar surface area (TPSA) is 61.1 Å². The molecule has 6 nitrogen and oxygen atoms in total. The Kier molecular flexibility index (Phi) is 4.76. The summed E-state index contributed by atoms with van der Waals surface area (Å²) < 4.78 is 9.63. The zero-order valence-corrected chi connectivity index (χ0v) is 14.9. The molecule has 2 aromatic rings. The fourth-order valence-corrected chi connectivity index (χ4v) is 3.52. The van der Waals surface area contributed by atoms with Crippen LogP contribution in [0.25, 0.3) is 0 Å². The Hall–Kier alpha value is -2.08. The zero-order valence-electron chi connectivity index (χ0n) is 14.9. The van der Waals surface area contributed by atoms with Crippen LogP contribution in [-0.2, 0) is 11.3 Å². The highest BCUT2D eigenvalue weighted by molar-refractivity contribution is 6.05. The van der Waals surface area contributed by atoms with Crippen LogP contribution in [0.15, 0.2) is 18.5 Å². The van der Waals surface area contributed by atoms with Crippen molar-refractivity contribution in [2.24, 2.45) is 0 Å². The van der Waals surface area contributed by atoms with Crippen LogP contribution >= 0.6 is 0 Å². The minimum atomic E-state index is -0.0910. The van der Waals surface area contributed by atoms with Crippen molar-refractivity contribution >= 4 is 11.6 Å². The van der Waals surface area contributed by atoms with Crippen LogP contribution in [0.4, 0.5) is 5.69 Å². The van der Waals surface area contributed by atoms with Crippen LogP contribution in [0.2, 0.25) is 0 Å². The number of aromatic nitrogens is 3. The average Bonchev–Trinajstić information content (AvgIpc) is 3.21. The maximum absolute atomic E-state index is 12.6. The molecule has 3 heterocycles. The van der Waals surface area contributed by atoms with E-state index in [4.69, 9.17) is 4.74 Å². The molecule has 0 radical (unpaired) electrons. The molecule has 3 rings (SSSR count). The fourth-order valence-electron chi connectivity index (χ4n) is 3.52. The number of rotatable bonds is 5. The molecular formula is C18H26N4O2. The van der Waals surface area contributed by atoms with Gasteiger partial charge in [0, 0.05) is 30.2 Å². The van der Waals surface area contributed by atoms with Crippen molar-refractivity contribution in [1.82, 2.24) is 14.3 Å². The van der Waals surface area contributed by atoms with Crippen LogP contribution in [-0.4, -0.2) is 33.0 Å². The summed E-state index contributed by atoms with van der Waals surface area (Å²) in [7, 11) is 0. The zero-order chi connectivity index (χ0) is 17.3. The first-order valence-electron chi connectivity index (χ1n) is 8.59. The highest BCUT2D eigenvalue weighted by Gasteiger charge is 2.19. The number of ether oxygens (including phenoxy) is 1. The van der Waals surface area contributed by atoms with E-state index in [-0.39, 0.29) is 12.0 Å². The first kappa shape index (κ1) is 16.8. The summed E-state index contributed by atoms with van der Waals surface area (Å²) in [6.45, 7) is 9.83. The highest BCUT2D eigenvalue weighted by Crippen LogP contribution is 2.21. The van der Waals surface area contributed by atoms with Gasteiger partial charge in [0.15, 0.2) is 0 Å².